The zero-order valence-electron chi connectivity index (χ0n) is 13.0. The van der Waals surface area contributed by atoms with Crippen LogP contribution in [0.15, 0.2) is 24.3 Å². The summed E-state index contributed by atoms with van der Waals surface area (Å²) in [5.74, 6) is 0.00405. The van der Waals surface area contributed by atoms with Crippen LogP contribution in [0.1, 0.15) is 25.3 Å². The lowest BCUT2D eigenvalue weighted by Crippen LogP contribution is -2.45. The van der Waals surface area contributed by atoms with Crippen molar-refractivity contribution in [3.63, 3.8) is 0 Å². The molecule has 0 spiro atoms. The molecule has 0 saturated carbocycles. The van der Waals surface area contributed by atoms with Gasteiger partial charge in [0.1, 0.15) is 0 Å². The van der Waals surface area contributed by atoms with Crippen molar-refractivity contribution < 1.29 is 9.59 Å². The van der Waals surface area contributed by atoms with Gasteiger partial charge in [-0.1, -0.05) is 18.2 Å². The van der Waals surface area contributed by atoms with Crippen molar-refractivity contribution in [3.05, 3.63) is 29.8 Å². The lowest BCUT2D eigenvalue weighted by atomic mass is 9.92. The van der Waals surface area contributed by atoms with Gasteiger partial charge in [-0.25, -0.2) is 0 Å². The van der Waals surface area contributed by atoms with Crippen molar-refractivity contribution in [2.75, 3.05) is 24.5 Å². The number of hydrogen-bond donors (Lipinski definition) is 2. The van der Waals surface area contributed by atoms with Gasteiger partial charge in [0.15, 0.2) is 0 Å². The Kier molecular flexibility index (Phi) is 4.43. The molecular weight excluding hydrogens is 278 g/mol. The zero-order valence-corrected chi connectivity index (χ0v) is 13.0. The predicted octanol–water partition coefficient (Wildman–Crippen LogP) is 1.08. The van der Waals surface area contributed by atoms with E-state index in [0.29, 0.717) is 12.6 Å². The fourth-order valence-electron chi connectivity index (χ4n) is 3.37. The van der Waals surface area contributed by atoms with Crippen molar-refractivity contribution >= 4 is 17.5 Å². The van der Waals surface area contributed by atoms with Crippen LogP contribution in [-0.2, 0) is 16.0 Å². The maximum atomic E-state index is 12.4. The van der Waals surface area contributed by atoms with Gasteiger partial charge >= 0.3 is 0 Å². The van der Waals surface area contributed by atoms with E-state index in [1.807, 2.05) is 18.2 Å². The van der Waals surface area contributed by atoms with E-state index in [1.54, 1.807) is 4.90 Å². The number of carbonyl (C=O) groups excluding carboxylic acids is 2. The maximum absolute atomic E-state index is 12.4. The molecule has 1 aromatic rings. The normalized spacial score (nSPS) is 24.0. The van der Waals surface area contributed by atoms with Gasteiger partial charge in [0.05, 0.1) is 6.54 Å². The number of nitrogens with one attached hydrogen (secondary N) is 2. The van der Waals surface area contributed by atoms with Crippen LogP contribution in [0.2, 0.25) is 0 Å². The summed E-state index contributed by atoms with van der Waals surface area (Å²) in [4.78, 5) is 26.3. The van der Waals surface area contributed by atoms with Gasteiger partial charge in [-0.05, 0) is 44.4 Å². The molecule has 2 amide bonds. The zero-order chi connectivity index (χ0) is 15.5. The Bertz CT molecular complexity index is 573. The number of rotatable bonds is 3. The summed E-state index contributed by atoms with van der Waals surface area (Å²) in [6.07, 6.45) is 2.57. The van der Waals surface area contributed by atoms with Crippen molar-refractivity contribution in [1.82, 2.24) is 10.6 Å². The first-order chi connectivity index (χ1) is 10.6. The van der Waals surface area contributed by atoms with Crippen LogP contribution in [0.4, 0.5) is 5.69 Å². The van der Waals surface area contributed by atoms with Crippen LogP contribution in [-0.4, -0.2) is 37.5 Å². The first-order valence-corrected chi connectivity index (χ1v) is 8.04. The van der Waals surface area contributed by atoms with Crippen molar-refractivity contribution in [1.29, 1.82) is 0 Å². The summed E-state index contributed by atoms with van der Waals surface area (Å²) >= 11 is 0. The number of fused-ring (bicyclic) bond motifs is 1. The smallest absolute Gasteiger partial charge is 0.246 e. The molecule has 1 saturated heterocycles. The van der Waals surface area contributed by atoms with Crippen LogP contribution in [0.25, 0.3) is 0 Å². The minimum absolute atomic E-state index is 0.00850. The highest BCUT2D eigenvalue weighted by molar-refractivity contribution is 5.98. The molecule has 1 fully saturated rings. The van der Waals surface area contributed by atoms with E-state index < -0.39 is 0 Å². The fourth-order valence-corrected chi connectivity index (χ4v) is 3.37. The molecule has 0 bridgehead atoms. The Balaban J connectivity index is 1.54. The molecule has 0 aliphatic carbocycles. The third-order valence-electron chi connectivity index (χ3n) is 4.60. The second-order valence-electron chi connectivity index (χ2n) is 6.22. The quantitative estimate of drug-likeness (QED) is 0.878. The van der Waals surface area contributed by atoms with Crippen molar-refractivity contribution in [2.24, 2.45) is 5.92 Å². The Hall–Kier alpha value is -1.88. The maximum Gasteiger partial charge on any atom is 0.246 e. The van der Waals surface area contributed by atoms with Gasteiger partial charge in [0.2, 0.25) is 11.8 Å². The first kappa shape index (κ1) is 15.0. The van der Waals surface area contributed by atoms with Crippen LogP contribution in [0, 0.1) is 5.92 Å². The second kappa shape index (κ2) is 6.48. The molecule has 1 aromatic carbocycles. The van der Waals surface area contributed by atoms with E-state index in [0.717, 1.165) is 31.5 Å². The SMILES string of the molecule is C[C@H]1C[C@@H](C(=O)NCC(=O)N2CCc3ccccc32)CCN1. The Morgan fingerprint density at radius 2 is 2.18 bits per heavy atom. The molecule has 3 rings (SSSR count). The average molecular weight is 301 g/mol. The standard InChI is InChI=1S/C17H23N3O2/c1-12-10-14(6-8-18-12)17(22)19-11-16(21)20-9-7-13-4-2-3-5-15(13)20/h2-5,12,14,18H,6-11H2,1H3,(H,19,22)/t12-,14-/m0/s1. The number of carbonyl (C=O) groups is 2. The second-order valence-corrected chi connectivity index (χ2v) is 6.22. The molecule has 5 heteroatoms. The summed E-state index contributed by atoms with van der Waals surface area (Å²) in [6.45, 7) is 3.75. The molecule has 2 aliphatic heterocycles. The summed E-state index contributed by atoms with van der Waals surface area (Å²) in [5, 5.41) is 6.15. The van der Waals surface area contributed by atoms with E-state index in [1.165, 1.54) is 5.56 Å². The van der Waals surface area contributed by atoms with Crippen molar-refractivity contribution in [3.8, 4) is 0 Å². The largest absolute Gasteiger partial charge is 0.347 e. The highest BCUT2D eigenvalue weighted by Gasteiger charge is 2.27. The molecule has 0 unspecified atom stereocenters. The molecule has 0 aromatic heterocycles. The molecular formula is C17H23N3O2. The summed E-state index contributed by atoms with van der Waals surface area (Å²) in [6, 6.07) is 8.33. The van der Waals surface area contributed by atoms with Crippen LogP contribution < -0.4 is 15.5 Å². The molecule has 2 aliphatic rings. The first-order valence-electron chi connectivity index (χ1n) is 8.04. The van der Waals surface area contributed by atoms with E-state index in [4.69, 9.17) is 0 Å². The lowest BCUT2D eigenvalue weighted by molar-refractivity contribution is -0.128. The summed E-state index contributed by atoms with van der Waals surface area (Å²) < 4.78 is 0. The number of benzene rings is 1. The van der Waals surface area contributed by atoms with Gasteiger partial charge in [0.25, 0.3) is 0 Å². The van der Waals surface area contributed by atoms with E-state index in [2.05, 4.69) is 23.6 Å². The number of amides is 2. The molecule has 5 nitrogen and oxygen atoms in total. The van der Waals surface area contributed by atoms with Gasteiger partial charge < -0.3 is 15.5 Å². The van der Waals surface area contributed by atoms with E-state index in [-0.39, 0.29) is 24.3 Å². The molecule has 2 atom stereocenters. The Morgan fingerprint density at radius 1 is 1.36 bits per heavy atom. The average Bonchev–Trinajstić information content (AvgIpc) is 2.96. The molecule has 2 N–H and O–H groups in total. The third-order valence-corrected chi connectivity index (χ3v) is 4.60. The number of piperidine rings is 1. The third kappa shape index (κ3) is 3.14. The van der Waals surface area contributed by atoms with Gasteiger partial charge in [0, 0.05) is 24.2 Å². The Morgan fingerprint density at radius 3 is 3.00 bits per heavy atom. The molecule has 118 valence electrons. The minimum atomic E-state index is -0.0275. The van der Waals surface area contributed by atoms with Gasteiger partial charge in [-0.2, -0.15) is 0 Å². The fraction of sp³-hybridized carbons (Fsp3) is 0.529. The highest BCUT2D eigenvalue weighted by Crippen LogP contribution is 2.27. The molecule has 22 heavy (non-hydrogen) atoms. The predicted molar refractivity (Wildman–Crippen MR) is 85.7 cm³/mol. The monoisotopic (exact) mass is 301 g/mol. The topological polar surface area (TPSA) is 61.4 Å². The number of hydrogen-bond acceptors (Lipinski definition) is 3. The van der Waals surface area contributed by atoms with Crippen LogP contribution >= 0.6 is 0 Å². The molecule has 2 heterocycles. The minimum Gasteiger partial charge on any atom is -0.347 e. The summed E-state index contributed by atoms with van der Waals surface area (Å²) in [5.41, 5.74) is 2.19. The summed E-state index contributed by atoms with van der Waals surface area (Å²) in [7, 11) is 0. The highest BCUT2D eigenvalue weighted by atomic mass is 16.2. The number of para-hydroxylation sites is 1. The number of nitrogens with zero attached hydrogens (tertiary/aromatic N) is 1. The van der Waals surface area contributed by atoms with E-state index in [9.17, 15) is 9.59 Å². The van der Waals surface area contributed by atoms with Crippen LogP contribution in [0.5, 0.6) is 0 Å². The number of anilines is 1. The van der Waals surface area contributed by atoms with E-state index >= 15 is 0 Å². The molecule has 0 radical (unpaired) electrons. The van der Waals surface area contributed by atoms with Gasteiger partial charge in [-0.15, -0.1) is 0 Å². The van der Waals surface area contributed by atoms with Crippen LogP contribution in [0.3, 0.4) is 0 Å². The lowest BCUT2D eigenvalue weighted by Gasteiger charge is -2.27. The van der Waals surface area contributed by atoms with Gasteiger partial charge in [-0.3, -0.25) is 9.59 Å². The Labute approximate surface area is 131 Å². The van der Waals surface area contributed by atoms with Crippen molar-refractivity contribution in [2.45, 2.75) is 32.2 Å².